The smallest absolute Gasteiger partial charge is 0.127 e. The van der Waals surface area contributed by atoms with Crippen LogP contribution in [0.1, 0.15) is 30.0 Å². The number of ether oxygens (including phenoxy) is 2. The Hall–Kier alpha value is -2.11. The molecule has 0 spiro atoms. The Bertz CT molecular complexity index is 708. The number of halogens is 1. The van der Waals surface area contributed by atoms with Crippen molar-refractivity contribution in [3.63, 3.8) is 0 Å². The van der Waals surface area contributed by atoms with Crippen LogP contribution < -0.4 is 20.1 Å². The number of hydrogen-bond donors (Lipinski definition) is 2. The van der Waals surface area contributed by atoms with E-state index in [0.29, 0.717) is 6.54 Å². The van der Waals surface area contributed by atoms with Crippen LogP contribution in [0.15, 0.2) is 42.5 Å². The van der Waals surface area contributed by atoms with Crippen LogP contribution in [0.4, 0.5) is 4.39 Å². The second kappa shape index (κ2) is 8.32. The van der Waals surface area contributed by atoms with Gasteiger partial charge in [-0.25, -0.2) is 4.39 Å². The van der Waals surface area contributed by atoms with E-state index in [-0.39, 0.29) is 17.9 Å². The highest BCUT2D eigenvalue weighted by Gasteiger charge is 2.26. The molecule has 4 nitrogen and oxygen atoms in total. The Morgan fingerprint density at radius 3 is 2.80 bits per heavy atom. The van der Waals surface area contributed by atoms with Gasteiger partial charge in [0.25, 0.3) is 0 Å². The van der Waals surface area contributed by atoms with Gasteiger partial charge in [-0.05, 0) is 43.1 Å². The van der Waals surface area contributed by atoms with Crippen molar-refractivity contribution in [2.45, 2.75) is 31.5 Å². The molecule has 1 fully saturated rings. The average molecular weight is 344 g/mol. The summed E-state index contributed by atoms with van der Waals surface area (Å²) in [5, 5.41) is 7.13. The first-order valence-electron chi connectivity index (χ1n) is 8.64. The summed E-state index contributed by atoms with van der Waals surface area (Å²) in [4.78, 5) is 0. The lowest BCUT2D eigenvalue weighted by Crippen LogP contribution is -2.45. The van der Waals surface area contributed by atoms with E-state index in [1.807, 2.05) is 24.3 Å². The highest BCUT2D eigenvalue weighted by Crippen LogP contribution is 2.27. The van der Waals surface area contributed by atoms with E-state index in [9.17, 15) is 4.39 Å². The molecule has 0 aromatic heterocycles. The molecule has 0 bridgehead atoms. The van der Waals surface area contributed by atoms with Gasteiger partial charge in [-0.15, -0.1) is 0 Å². The average Bonchev–Trinajstić information content (AvgIpc) is 2.66. The molecule has 0 saturated carbocycles. The normalized spacial score (nSPS) is 20.3. The van der Waals surface area contributed by atoms with Crippen LogP contribution in [0.2, 0.25) is 0 Å². The van der Waals surface area contributed by atoms with Crippen molar-refractivity contribution in [2.24, 2.45) is 0 Å². The number of nitrogens with one attached hydrogen (secondary N) is 2. The van der Waals surface area contributed by atoms with Gasteiger partial charge in [0, 0.05) is 30.3 Å². The minimum absolute atomic E-state index is 0.105. The molecule has 0 aliphatic carbocycles. The van der Waals surface area contributed by atoms with Gasteiger partial charge in [0.2, 0.25) is 0 Å². The zero-order valence-electron chi connectivity index (χ0n) is 14.7. The third kappa shape index (κ3) is 4.30. The summed E-state index contributed by atoms with van der Waals surface area (Å²) in [6, 6.07) is 13.0. The number of methoxy groups -OCH3 is 2. The molecule has 2 unspecified atom stereocenters. The maximum atomic E-state index is 13.6. The topological polar surface area (TPSA) is 42.5 Å². The highest BCUT2D eigenvalue weighted by molar-refractivity contribution is 5.40. The molecule has 3 rings (SSSR count). The Balaban J connectivity index is 1.72. The van der Waals surface area contributed by atoms with Gasteiger partial charge >= 0.3 is 0 Å². The zero-order valence-corrected chi connectivity index (χ0v) is 14.7. The maximum absolute atomic E-state index is 13.6. The number of benzene rings is 2. The third-order valence-corrected chi connectivity index (χ3v) is 4.72. The van der Waals surface area contributed by atoms with Crippen LogP contribution in [0.3, 0.4) is 0 Å². The van der Waals surface area contributed by atoms with Crippen LogP contribution in [0.25, 0.3) is 0 Å². The quantitative estimate of drug-likeness (QED) is 0.843. The molecule has 1 aliphatic heterocycles. The summed E-state index contributed by atoms with van der Waals surface area (Å²) in [5.41, 5.74) is 2.06. The second-order valence-electron chi connectivity index (χ2n) is 6.29. The molecule has 25 heavy (non-hydrogen) atoms. The van der Waals surface area contributed by atoms with E-state index in [1.54, 1.807) is 26.4 Å². The molecule has 0 amide bonds. The lowest BCUT2D eigenvalue weighted by atomic mass is 9.92. The van der Waals surface area contributed by atoms with Crippen LogP contribution >= 0.6 is 0 Å². The molecule has 2 atom stereocenters. The van der Waals surface area contributed by atoms with Crippen molar-refractivity contribution in [1.29, 1.82) is 0 Å². The molecule has 1 heterocycles. The van der Waals surface area contributed by atoms with Gasteiger partial charge in [0.15, 0.2) is 0 Å². The first-order chi connectivity index (χ1) is 12.2. The third-order valence-electron chi connectivity index (χ3n) is 4.72. The zero-order chi connectivity index (χ0) is 17.6. The van der Waals surface area contributed by atoms with E-state index < -0.39 is 0 Å². The summed E-state index contributed by atoms with van der Waals surface area (Å²) in [5.74, 6) is 1.39. The number of piperidine rings is 1. The summed E-state index contributed by atoms with van der Waals surface area (Å²) in [6.07, 6.45) is 2.15. The summed E-state index contributed by atoms with van der Waals surface area (Å²) in [7, 11) is 3.31. The van der Waals surface area contributed by atoms with Gasteiger partial charge in [0.05, 0.1) is 14.2 Å². The first-order valence-corrected chi connectivity index (χ1v) is 8.64. The minimum Gasteiger partial charge on any atom is -0.497 e. The Morgan fingerprint density at radius 2 is 2.04 bits per heavy atom. The Morgan fingerprint density at radius 1 is 1.16 bits per heavy atom. The van der Waals surface area contributed by atoms with E-state index in [0.717, 1.165) is 42.0 Å². The molecule has 1 saturated heterocycles. The summed E-state index contributed by atoms with van der Waals surface area (Å²) < 4.78 is 24.3. The molecular formula is C20H25FN2O2. The highest BCUT2D eigenvalue weighted by atomic mass is 19.1. The maximum Gasteiger partial charge on any atom is 0.127 e. The summed E-state index contributed by atoms with van der Waals surface area (Å²) >= 11 is 0. The monoisotopic (exact) mass is 344 g/mol. The van der Waals surface area contributed by atoms with Crippen molar-refractivity contribution >= 4 is 0 Å². The van der Waals surface area contributed by atoms with Crippen molar-refractivity contribution in [2.75, 3.05) is 20.8 Å². The minimum atomic E-state index is -0.194. The van der Waals surface area contributed by atoms with E-state index in [2.05, 4.69) is 10.6 Å². The Labute approximate surface area is 148 Å². The van der Waals surface area contributed by atoms with Crippen molar-refractivity contribution in [3.05, 3.63) is 59.4 Å². The molecule has 2 N–H and O–H groups in total. The fraction of sp³-hybridized carbons (Fsp3) is 0.400. The summed E-state index contributed by atoms with van der Waals surface area (Å²) in [6.45, 7) is 1.64. The van der Waals surface area contributed by atoms with Crippen molar-refractivity contribution in [1.82, 2.24) is 10.6 Å². The standard InChI is InChI=1S/C20H25FN2O2/c1-24-17-9-8-15(19(12-17)25-2)13-23-18-7-4-10-22-20(18)14-5-3-6-16(21)11-14/h3,5-6,8-9,11-12,18,20,22-23H,4,7,10,13H2,1-2H3. The van der Waals surface area contributed by atoms with Crippen LogP contribution in [0.5, 0.6) is 11.5 Å². The number of hydrogen-bond acceptors (Lipinski definition) is 4. The Kier molecular flexibility index (Phi) is 5.89. The van der Waals surface area contributed by atoms with Crippen LogP contribution in [-0.4, -0.2) is 26.8 Å². The van der Waals surface area contributed by atoms with Gasteiger partial charge < -0.3 is 20.1 Å². The second-order valence-corrected chi connectivity index (χ2v) is 6.29. The fourth-order valence-electron chi connectivity index (χ4n) is 3.40. The van der Waals surface area contributed by atoms with Crippen LogP contribution in [-0.2, 0) is 6.54 Å². The molecular weight excluding hydrogens is 319 g/mol. The molecule has 2 aromatic carbocycles. The van der Waals surface area contributed by atoms with Gasteiger partial charge in [-0.1, -0.05) is 18.2 Å². The fourth-order valence-corrected chi connectivity index (χ4v) is 3.40. The van der Waals surface area contributed by atoms with E-state index in [4.69, 9.17) is 9.47 Å². The SMILES string of the molecule is COc1ccc(CNC2CCCNC2c2cccc(F)c2)c(OC)c1. The van der Waals surface area contributed by atoms with E-state index in [1.165, 1.54) is 6.07 Å². The van der Waals surface area contributed by atoms with Crippen molar-refractivity contribution < 1.29 is 13.9 Å². The lowest BCUT2D eigenvalue weighted by Gasteiger charge is -2.34. The van der Waals surface area contributed by atoms with E-state index >= 15 is 0 Å². The van der Waals surface area contributed by atoms with Gasteiger partial charge in [-0.3, -0.25) is 0 Å². The molecule has 5 heteroatoms. The lowest BCUT2D eigenvalue weighted by molar-refractivity contribution is 0.302. The molecule has 0 radical (unpaired) electrons. The largest absolute Gasteiger partial charge is 0.497 e. The van der Waals surface area contributed by atoms with Crippen molar-refractivity contribution in [3.8, 4) is 11.5 Å². The predicted octanol–water partition coefficient (Wildman–Crippen LogP) is 3.43. The molecule has 1 aliphatic rings. The molecule has 134 valence electrons. The van der Waals surface area contributed by atoms with Gasteiger partial charge in [0.1, 0.15) is 17.3 Å². The number of rotatable bonds is 6. The van der Waals surface area contributed by atoms with Gasteiger partial charge in [-0.2, -0.15) is 0 Å². The molecule has 2 aromatic rings. The first kappa shape index (κ1) is 17.7. The predicted molar refractivity (Wildman–Crippen MR) is 96.6 cm³/mol. The van der Waals surface area contributed by atoms with Crippen LogP contribution in [0, 0.1) is 5.82 Å².